The molecular weight excluding hydrogens is 308 g/mol. The first-order valence-electron chi connectivity index (χ1n) is 8.17. The summed E-state index contributed by atoms with van der Waals surface area (Å²) in [4.78, 5) is 18.1. The van der Waals surface area contributed by atoms with Crippen LogP contribution in [0, 0.1) is 0 Å². The van der Waals surface area contributed by atoms with Crippen molar-refractivity contribution in [3.05, 3.63) is 48.0 Å². The average molecular weight is 328 g/mol. The van der Waals surface area contributed by atoms with Crippen LogP contribution in [0.15, 0.2) is 36.8 Å². The number of likely N-dealkylation sites (tertiary alicyclic amines) is 1. The van der Waals surface area contributed by atoms with Crippen LogP contribution in [-0.2, 0) is 16.1 Å². The first-order chi connectivity index (χ1) is 11.7. The van der Waals surface area contributed by atoms with Gasteiger partial charge in [0.2, 0.25) is 0 Å². The Morgan fingerprint density at radius 2 is 2.17 bits per heavy atom. The third-order valence-electron chi connectivity index (χ3n) is 4.66. The smallest absolute Gasteiger partial charge is 0.272 e. The second-order valence-electron chi connectivity index (χ2n) is 6.44. The second-order valence-corrected chi connectivity index (χ2v) is 6.44. The van der Waals surface area contributed by atoms with Crippen LogP contribution in [0.3, 0.4) is 0 Å². The first kappa shape index (κ1) is 15.3. The fourth-order valence-corrected chi connectivity index (χ4v) is 3.38. The lowest BCUT2D eigenvalue weighted by atomic mass is 9.84. The Morgan fingerprint density at radius 1 is 1.33 bits per heavy atom. The predicted molar refractivity (Wildman–Crippen MR) is 85.2 cm³/mol. The van der Waals surface area contributed by atoms with Gasteiger partial charge in [-0.25, -0.2) is 0 Å². The molecule has 2 saturated heterocycles. The highest BCUT2D eigenvalue weighted by Crippen LogP contribution is 2.36. The van der Waals surface area contributed by atoms with Crippen LogP contribution in [0.2, 0.25) is 0 Å². The zero-order chi connectivity index (χ0) is 16.4. The highest BCUT2D eigenvalue weighted by Gasteiger charge is 2.49. The van der Waals surface area contributed by atoms with Crippen molar-refractivity contribution in [2.75, 3.05) is 19.7 Å². The predicted octanol–water partition coefficient (Wildman–Crippen LogP) is 1.40. The summed E-state index contributed by atoms with van der Waals surface area (Å²) in [5.74, 6) is -0.0263. The van der Waals surface area contributed by atoms with Gasteiger partial charge in [0.1, 0.15) is 11.3 Å². The number of aromatic amines is 1. The minimum atomic E-state index is -0.253. The molecule has 4 heterocycles. The molecule has 2 fully saturated rings. The van der Waals surface area contributed by atoms with Crippen LogP contribution in [0.4, 0.5) is 0 Å². The van der Waals surface area contributed by atoms with Crippen molar-refractivity contribution in [2.24, 2.45) is 0 Å². The molecule has 7 heteroatoms. The lowest BCUT2D eigenvalue weighted by Gasteiger charge is -2.52. The molecule has 2 aliphatic rings. The van der Waals surface area contributed by atoms with Gasteiger partial charge in [0, 0.05) is 31.6 Å². The fraction of sp³-hybridized carbons (Fsp3) is 0.471. The third-order valence-corrected chi connectivity index (χ3v) is 4.66. The van der Waals surface area contributed by atoms with Gasteiger partial charge in [-0.3, -0.25) is 14.9 Å². The van der Waals surface area contributed by atoms with Crippen LogP contribution < -0.4 is 0 Å². The van der Waals surface area contributed by atoms with Gasteiger partial charge in [-0.2, -0.15) is 5.10 Å². The molecule has 1 amide bonds. The van der Waals surface area contributed by atoms with E-state index in [9.17, 15) is 4.79 Å². The van der Waals surface area contributed by atoms with Crippen LogP contribution in [0.25, 0.3) is 0 Å². The highest BCUT2D eigenvalue weighted by molar-refractivity contribution is 5.92. The minimum absolute atomic E-state index is 0.0263. The van der Waals surface area contributed by atoms with E-state index >= 15 is 0 Å². The molecule has 0 radical (unpaired) electrons. The summed E-state index contributed by atoms with van der Waals surface area (Å²) in [7, 11) is 0. The zero-order valence-electron chi connectivity index (χ0n) is 13.4. The number of hydrogen-bond acceptors (Lipinski definition) is 5. The van der Waals surface area contributed by atoms with Crippen LogP contribution in [0.1, 0.15) is 28.9 Å². The third kappa shape index (κ3) is 3.05. The molecule has 24 heavy (non-hydrogen) atoms. The first-order valence-corrected chi connectivity index (χ1v) is 8.17. The lowest BCUT2D eigenvalue weighted by Crippen LogP contribution is -2.67. The van der Waals surface area contributed by atoms with E-state index in [1.54, 1.807) is 29.6 Å². The SMILES string of the molecule is O=C(c1ccn[nH]1)N1CC2(C[C@H](OCc3ccncc3)CCO2)C1. The van der Waals surface area contributed by atoms with E-state index in [1.165, 1.54) is 0 Å². The van der Waals surface area contributed by atoms with Gasteiger partial charge in [-0.15, -0.1) is 0 Å². The largest absolute Gasteiger partial charge is 0.373 e. The molecular formula is C17H20N4O3. The summed E-state index contributed by atoms with van der Waals surface area (Å²) in [6.45, 7) is 2.48. The number of amides is 1. The second kappa shape index (κ2) is 6.33. The number of rotatable bonds is 4. The Balaban J connectivity index is 1.30. The Hall–Kier alpha value is -2.25. The zero-order valence-corrected chi connectivity index (χ0v) is 13.4. The van der Waals surface area contributed by atoms with Gasteiger partial charge in [-0.05, 0) is 30.2 Å². The fourth-order valence-electron chi connectivity index (χ4n) is 3.38. The lowest BCUT2D eigenvalue weighted by molar-refractivity contribution is -0.188. The van der Waals surface area contributed by atoms with Crippen molar-refractivity contribution in [1.82, 2.24) is 20.1 Å². The number of carbonyl (C=O) groups excluding carboxylic acids is 1. The molecule has 0 unspecified atom stereocenters. The molecule has 1 spiro atoms. The number of aromatic nitrogens is 3. The maximum atomic E-state index is 12.3. The standard InChI is InChI=1S/C17H20N4O3/c22-16(15-3-7-19-20-15)21-11-17(12-21)9-14(4-8-24-17)23-10-13-1-5-18-6-2-13/h1-3,5-7,14H,4,8-12H2,(H,19,20)/t14-/m1/s1. The average Bonchev–Trinajstić information content (AvgIpc) is 3.13. The van der Waals surface area contributed by atoms with Gasteiger partial charge in [0.25, 0.3) is 5.91 Å². The quantitative estimate of drug-likeness (QED) is 0.917. The van der Waals surface area contributed by atoms with Crippen LogP contribution >= 0.6 is 0 Å². The van der Waals surface area contributed by atoms with E-state index in [2.05, 4.69) is 15.2 Å². The number of hydrogen-bond donors (Lipinski definition) is 1. The van der Waals surface area contributed by atoms with Crippen molar-refractivity contribution in [3.8, 4) is 0 Å². The van der Waals surface area contributed by atoms with Gasteiger partial charge >= 0.3 is 0 Å². The van der Waals surface area contributed by atoms with Crippen LogP contribution in [-0.4, -0.2) is 57.4 Å². The monoisotopic (exact) mass is 328 g/mol. The van der Waals surface area contributed by atoms with E-state index in [0.29, 0.717) is 32.0 Å². The number of H-pyrrole nitrogens is 1. The summed E-state index contributed by atoms with van der Waals surface area (Å²) in [5, 5.41) is 6.54. The molecule has 0 aromatic carbocycles. The summed E-state index contributed by atoms with van der Waals surface area (Å²) < 4.78 is 12.0. The van der Waals surface area contributed by atoms with Crippen molar-refractivity contribution >= 4 is 5.91 Å². The maximum absolute atomic E-state index is 12.3. The Morgan fingerprint density at radius 3 is 2.92 bits per heavy atom. The molecule has 7 nitrogen and oxygen atoms in total. The molecule has 1 atom stereocenters. The number of carbonyl (C=O) groups is 1. The summed E-state index contributed by atoms with van der Waals surface area (Å²) in [6, 6.07) is 5.61. The number of nitrogens with zero attached hydrogens (tertiary/aromatic N) is 3. The molecule has 2 aromatic rings. The van der Waals surface area contributed by atoms with E-state index in [4.69, 9.17) is 9.47 Å². The molecule has 0 bridgehead atoms. The highest BCUT2D eigenvalue weighted by atomic mass is 16.5. The molecule has 0 saturated carbocycles. The van der Waals surface area contributed by atoms with Crippen LogP contribution in [0.5, 0.6) is 0 Å². The summed E-state index contributed by atoms with van der Waals surface area (Å²) in [6.07, 6.45) is 7.01. The van der Waals surface area contributed by atoms with Gasteiger partial charge in [0.05, 0.1) is 25.8 Å². The van der Waals surface area contributed by atoms with Crippen molar-refractivity contribution in [1.29, 1.82) is 0 Å². The minimum Gasteiger partial charge on any atom is -0.373 e. The van der Waals surface area contributed by atoms with E-state index < -0.39 is 0 Å². The van der Waals surface area contributed by atoms with E-state index in [-0.39, 0.29) is 17.6 Å². The Bertz CT molecular complexity index is 683. The molecule has 4 rings (SSSR count). The summed E-state index contributed by atoms with van der Waals surface area (Å²) in [5.41, 5.74) is 1.39. The van der Waals surface area contributed by atoms with Crippen molar-refractivity contribution in [3.63, 3.8) is 0 Å². The Kier molecular flexibility index (Phi) is 4.03. The molecule has 126 valence electrons. The van der Waals surface area contributed by atoms with E-state index in [0.717, 1.165) is 18.4 Å². The number of nitrogens with one attached hydrogen (secondary N) is 1. The molecule has 2 aromatic heterocycles. The van der Waals surface area contributed by atoms with Gasteiger partial charge < -0.3 is 14.4 Å². The molecule has 1 N–H and O–H groups in total. The number of ether oxygens (including phenoxy) is 2. The van der Waals surface area contributed by atoms with Crippen molar-refractivity contribution < 1.29 is 14.3 Å². The number of pyridine rings is 1. The van der Waals surface area contributed by atoms with Gasteiger partial charge in [0.15, 0.2) is 0 Å². The Labute approximate surface area is 140 Å². The normalized spacial score (nSPS) is 22.3. The van der Waals surface area contributed by atoms with E-state index in [1.807, 2.05) is 12.1 Å². The topological polar surface area (TPSA) is 80.3 Å². The van der Waals surface area contributed by atoms with Crippen molar-refractivity contribution in [2.45, 2.75) is 31.2 Å². The summed E-state index contributed by atoms with van der Waals surface area (Å²) >= 11 is 0. The molecule has 2 aliphatic heterocycles. The van der Waals surface area contributed by atoms with Gasteiger partial charge in [-0.1, -0.05) is 0 Å². The maximum Gasteiger partial charge on any atom is 0.272 e. The molecule has 0 aliphatic carbocycles.